The molecule has 0 bridgehead atoms. The van der Waals surface area contributed by atoms with Crippen molar-refractivity contribution < 1.29 is 17.9 Å². The summed E-state index contributed by atoms with van der Waals surface area (Å²) < 4.78 is 32.5. The van der Waals surface area contributed by atoms with E-state index in [9.17, 15) is 13.2 Å². The monoisotopic (exact) mass is 382 g/mol. The zero-order valence-corrected chi connectivity index (χ0v) is 16.3. The third-order valence-electron chi connectivity index (χ3n) is 4.92. The van der Waals surface area contributed by atoms with Crippen LogP contribution >= 0.6 is 0 Å². The van der Waals surface area contributed by atoms with Gasteiger partial charge in [0.25, 0.3) is 10.2 Å². The summed E-state index contributed by atoms with van der Waals surface area (Å²) in [4.78, 5) is 14.4. The Kier molecular flexibility index (Phi) is 5.40. The van der Waals surface area contributed by atoms with Gasteiger partial charge in [-0.3, -0.25) is 0 Å². The van der Waals surface area contributed by atoms with Crippen molar-refractivity contribution in [1.82, 2.24) is 18.8 Å². The van der Waals surface area contributed by atoms with Crippen molar-refractivity contribution in [2.75, 3.05) is 34.3 Å². The number of hydrogen-bond donors (Lipinski definition) is 1. The van der Waals surface area contributed by atoms with E-state index >= 15 is 0 Å². The van der Waals surface area contributed by atoms with Crippen LogP contribution in [0.5, 0.6) is 5.75 Å². The van der Waals surface area contributed by atoms with Gasteiger partial charge in [-0.05, 0) is 36.1 Å². The van der Waals surface area contributed by atoms with Gasteiger partial charge in [0.05, 0.1) is 7.11 Å². The van der Waals surface area contributed by atoms with Crippen molar-refractivity contribution >= 4 is 16.2 Å². The lowest BCUT2D eigenvalue weighted by atomic mass is 10.1. The van der Waals surface area contributed by atoms with Crippen LogP contribution in [0.1, 0.15) is 24.0 Å². The average Bonchev–Trinajstić information content (AvgIpc) is 3.05. The van der Waals surface area contributed by atoms with Crippen LogP contribution < -0.4 is 10.1 Å². The fourth-order valence-electron chi connectivity index (χ4n) is 3.41. The van der Waals surface area contributed by atoms with Gasteiger partial charge in [0.15, 0.2) is 0 Å². The molecule has 144 valence electrons. The number of fused-ring (bicyclic) bond motifs is 1. The van der Waals surface area contributed by atoms with Crippen molar-refractivity contribution in [3.63, 3.8) is 0 Å². The second-order valence-electron chi connectivity index (χ2n) is 6.93. The minimum Gasteiger partial charge on any atom is -0.497 e. The number of nitrogens with zero attached hydrogens (tertiary/aromatic N) is 3. The minimum atomic E-state index is -3.45. The van der Waals surface area contributed by atoms with Gasteiger partial charge >= 0.3 is 6.03 Å². The van der Waals surface area contributed by atoms with Crippen LogP contribution in [-0.2, 0) is 23.3 Å². The number of hydrogen-bond acceptors (Lipinski definition) is 4. The molecule has 2 aliphatic heterocycles. The standard InChI is InChI=1S/C17H26N4O4S/c1-19(2)26(23,24)21-8-4-5-15(12-21)18-17(22)20-10-13-6-7-16(25-3)9-14(13)11-20/h6-7,9,15H,4-5,8,10-12H2,1-3H3,(H,18,22)/t15-/m1/s1. The molecule has 0 radical (unpaired) electrons. The Morgan fingerprint density at radius 3 is 2.69 bits per heavy atom. The number of rotatable bonds is 4. The molecule has 0 saturated carbocycles. The Morgan fingerprint density at radius 2 is 2.00 bits per heavy atom. The highest BCUT2D eigenvalue weighted by molar-refractivity contribution is 7.86. The zero-order valence-electron chi connectivity index (χ0n) is 15.4. The van der Waals surface area contributed by atoms with E-state index < -0.39 is 10.2 Å². The third-order valence-corrected chi connectivity index (χ3v) is 6.83. The Labute approximate surface area is 154 Å². The first-order chi connectivity index (χ1) is 12.3. The van der Waals surface area contributed by atoms with Crippen LogP contribution in [0, 0.1) is 0 Å². The molecule has 1 N–H and O–H groups in total. The van der Waals surface area contributed by atoms with Gasteiger partial charge in [-0.15, -0.1) is 0 Å². The predicted molar refractivity (Wildman–Crippen MR) is 98.0 cm³/mol. The molecule has 2 aliphatic rings. The number of carbonyl (C=O) groups excluding carboxylic acids is 1. The van der Waals surface area contributed by atoms with Crippen molar-refractivity contribution in [1.29, 1.82) is 0 Å². The number of urea groups is 1. The van der Waals surface area contributed by atoms with Gasteiger partial charge in [-0.25, -0.2) is 4.79 Å². The molecule has 2 heterocycles. The molecular weight excluding hydrogens is 356 g/mol. The predicted octanol–water partition coefficient (Wildman–Crippen LogP) is 0.991. The summed E-state index contributed by atoms with van der Waals surface area (Å²) in [5, 5.41) is 3.00. The molecule has 1 saturated heterocycles. The minimum absolute atomic E-state index is 0.158. The van der Waals surface area contributed by atoms with E-state index in [0.29, 0.717) is 26.2 Å². The van der Waals surface area contributed by atoms with Crippen LogP contribution in [0.15, 0.2) is 18.2 Å². The largest absolute Gasteiger partial charge is 0.497 e. The molecule has 1 atom stereocenters. The third kappa shape index (κ3) is 3.79. The molecule has 3 rings (SSSR count). The van der Waals surface area contributed by atoms with Crippen molar-refractivity contribution in [3.8, 4) is 5.75 Å². The molecule has 2 amide bonds. The van der Waals surface area contributed by atoms with E-state index in [0.717, 1.165) is 29.7 Å². The molecule has 0 aliphatic carbocycles. The van der Waals surface area contributed by atoms with Crippen LogP contribution in [0.3, 0.4) is 0 Å². The van der Waals surface area contributed by atoms with Gasteiger partial charge < -0.3 is 15.0 Å². The van der Waals surface area contributed by atoms with E-state index in [2.05, 4.69) is 5.32 Å². The molecule has 1 fully saturated rings. The van der Waals surface area contributed by atoms with Crippen molar-refractivity contribution in [2.45, 2.75) is 32.0 Å². The number of ether oxygens (including phenoxy) is 1. The molecular formula is C17H26N4O4S. The second kappa shape index (κ2) is 7.42. The fraction of sp³-hybridized carbons (Fsp3) is 0.588. The van der Waals surface area contributed by atoms with Gasteiger partial charge in [-0.1, -0.05) is 6.07 Å². The highest BCUT2D eigenvalue weighted by atomic mass is 32.2. The van der Waals surface area contributed by atoms with Crippen LogP contribution in [0.25, 0.3) is 0 Å². The lowest BCUT2D eigenvalue weighted by Gasteiger charge is -2.34. The summed E-state index contributed by atoms with van der Waals surface area (Å²) >= 11 is 0. The van der Waals surface area contributed by atoms with Gasteiger partial charge in [0.2, 0.25) is 0 Å². The summed E-state index contributed by atoms with van der Waals surface area (Å²) in [7, 11) is 1.21. The normalized spacial score (nSPS) is 20.9. The van der Waals surface area contributed by atoms with Crippen LogP contribution in [0.2, 0.25) is 0 Å². The number of methoxy groups -OCH3 is 1. The summed E-state index contributed by atoms with van der Waals surface area (Å²) in [5.41, 5.74) is 2.20. The number of carbonyl (C=O) groups is 1. The fourth-order valence-corrected chi connectivity index (χ4v) is 4.60. The Bertz CT molecular complexity index is 781. The SMILES string of the molecule is COc1ccc2c(c1)CN(C(=O)N[C@@H]1CCCN(S(=O)(=O)N(C)C)C1)C2. The molecule has 8 nitrogen and oxygen atoms in total. The molecule has 26 heavy (non-hydrogen) atoms. The molecule has 9 heteroatoms. The summed E-state index contributed by atoms with van der Waals surface area (Å²) in [6.45, 7) is 1.88. The maximum Gasteiger partial charge on any atom is 0.318 e. The first kappa shape index (κ1) is 18.9. The van der Waals surface area contributed by atoms with Crippen LogP contribution in [0.4, 0.5) is 4.79 Å². The Balaban J connectivity index is 1.60. The first-order valence-corrected chi connectivity index (χ1v) is 10.1. The molecule has 1 aromatic carbocycles. The number of amides is 2. The molecule has 0 unspecified atom stereocenters. The van der Waals surface area contributed by atoms with Crippen molar-refractivity contribution in [3.05, 3.63) is 29.3 Å². The highest BCUT2D eigenvalue weighted by Gasteiger charge is 2.32. The average molecular weight is 382 g/mol. The molecule has 0 spiro atoms. The summed E-state index contributed by atoms with van der Waals surface area (Å²) in [6, 6.07) is 5.49. The first-order valence-electron chi connectivity index (χ1n) is 8.70. The van der Waals surface area contributed by atoms with E-state index in [1.54, 1.807) is 12.0 Å². The van der Waals surface area contributed by atoms with E-state index in [1.165, 1.54) is 22.7 Å². The highest BCUT2D eigenvalue weighted by Crippen LogP contribution is 2.27. The Morgan fingerprint density at radius 1 is 1.27 bits per heavy atom. The maximum atomic E-state index is 12.6. The lowest BCUT2D eigenvalue weighted by Crippen LogP contribution is -2.53. The second-order valence-corrected chi connectivity index (χ2v) is 9.07. The van der Waals surface area contributed by atoms with Crippen molar-refractivity contribution in [2.24, 2.45) is 0 Å². The summed E-state index contributed by atoms with van der Waals surface area (Å²) in [6.07, 6.45) is 1.51. The van der Waals surface area contributed by atoms with Gasteiger partial charge in [-0.2, -0.15) is 17.0 Å². The molecule has 0 aromatic heterocycles. The zero-order chi connectivity index (χ0) is 18.9. The lowest BCUT2D eigenvalue weighted by molar-refractivity contribution is 0.185. The van der Waals surface area contributed by atoms with Gasteiger partial charge in [0, 0.05) is 46.3 Å². The molecule has 1 aromatic rings. The Hall–Kier alpha value is -1.84. The van der Waals surface area contributed by atoms with E-state index in [1.807, 2.05) is 18.2 Å². The summed E-state index contributed by atoms with van der Waals surface area (Å²) in [5.74, 6) is 0.780. The van der Waals surface area contributed by atoms with E-state index in [4.69, 9.17) is 4.74 Å². The smallest absolute Gasteiger partial charge is 0.318 e. The van der Waals surface area contributed by atoms with Gasteiger partial charge in [0.1, 0.15) is 5.75 Å². The number of benzene rings is 1. The number of piperidine rings is 1. The maximum absolute atomic E-state index is 12.6. The quantitative estimate of drug-likeness (QED) is 0.842. The van der Waals surface area contributed by atoms with E-state index in [-0.39, 0.29) is 12.1 Å². The van der Waals surface area contributed by atoms with Crippen LogP contribution in [-0.4, -0.2) is 68.3 Å². The topological polar surface area (TPSA) is 82.2 Å². The number of nitrogens with one attached hydrogen (secondary N) is 1.